The van der Waals surface area contributed by atoms with Gasteiger partial charge in [-0.25, -0.2) is 4.79 Å². The molecule has 2 heterocycles. The molecular formula is C13H16N2O3. The van der Waals surface area contributed by atoms with Crippen LogP contribution >= 0.6 is 0 Å². The number of pyridine rings is 1. The summed E-state index contributed by atoms with van der Waals surface area (Å²) in [5.74, 6) is -1.13. The number of carbonyl (C=O) groups is 2. The largest absolute Gasteiger partial charge is 0.478 e. The second-order valence-corrected chi connectivity index (χ2v) is 4.44. The molecule has 2 rings (SSSR count). The van der Waals surface area contributed by atoms with Gasteiger partial charge >= 0.3 is 5.97 Å². The van der Waals surface area contributed by atoms with Crippen molar-refractivity contribution in [2.45, 2.75) is 32.2 Å². The van der Waals surface area contributed by atoms with Crippen molar-refractivity contribution >= 4 is 11.9 Å². The van der Waals surface area contributed by atoms with E-state index in [0.29, 0.717) is 11.7 Å². The van der Waals surface area contributed by atoms with Gasteiger partial charge in [0.25, 0.3) is 5.91 Å². The molecule has 1 aromatic rings. The third-order valence-electron chi connectivity index (χ3n) is 3.34. The average Bonchev–Trinajstić information content (AvgIpc) is 2.86. The van der Waals surface area contributed by atoms with Gasteiger partial charge in [0.1, 0.15) is 5.69 Å². The van der Waals surface area contributed by atoms with Gasteiger partial charge in [-0.2, -0.15) is 0 Å². The monoisotopic (exact) mass is 248 g/mol. The fourth-order valence-corrected chi connectivity index (χ4v) is 2.32. The summed E-state index contributed by atoms with van der Waals surface area (Å²) in [6.07, 6.45) is 4.23. The van der Waals surface area contributed by atoms with Crippen LogP contribution < -0.4 is 0 Å². The Bertz CT molecular complexity index is 456. The van der Waals surface area contributed by atoms with Gasteiger partial charge in [0.2, 0.25) is 0 Å². The molecule has 0 radical (unpaired) electrons. The molecule has 1 N–H and O–H groups in total. The molecule has 18 heavy (non-hydrogen) atoms. The van der Waals surface area contributed by atoms with E-state index in [-0.39, 0.29) is 11.5 Å². The summed E-state index contributed by atoms with van der Waals surface area (Å²) in [6, 6.07) is 3.19. The number of carboxylic acid groups (broad SMARTS) is 1. The molecule has 5 nitrogen and oxygen atoms in total. The average molecular weight is 248 g/mol. The maximum atomic E-state index is 12.2. The Morgan fingerprint density at radius 3 is 2.83 bits per heavy atom. The first kappa shape index (κ1) is 12.5. The van der Waals surface area contributed by atoms with E-state index in [2.05, 4.69) is 11.9 Å². The number of rotatable bonds is 3. The lowest BCUT2D eigenvalue weighted by atomic mass is 10.1. The van der Waals surface area contributed by atoms with Gasteiger partial charge in [-0.05, 0) is 31.4 Å². The van der Waals surface area contributed by atoms with Gasteiger partial charge in [0.15, 0.2) is 0 Å². The number of nitrogens with zero attached hydrogens (tertiary/aromatic N) is 2. The standard InChI is InChI=1S/C13H16N2O3/c1-2-10-4-3-7-15(10)12(16)11-6-5-9(8-14-11)13(17)18/h5-6,8,10H,2-4,7H2,1H3,(H,17,18). The van der Waals surface area contributed by atoms with Crippen molar-refractivity contribution in [1.82, 2.24) is 9.88 Å². The predicted molar refractivity (Wildman–Crippen MR) is 65.5 cm³/mol. The summed E-state index contributed by atoms with van der Waals surface area (Å²) in [5.41, 5.74) is 0.417. The van der Waals surface area contributed by atoms with Crippen LogP contribution in [-0.2, 0) is 0 Å². The van der Waals surface area contributed by atoms with Crippen LogP contribution in [0.1, 0.15) is 47.0 Å². The maximum Gasteiger partial charge on any atom is 0.337 e. The van der Waals surface area contributed by atoms with Gasteiger partial charge in [0.05, 0.1) is 5.56 Å². The summed E-state index contributed by atoms with van der Waals surface area (Å²) in [7, 11) is 0. The molecule has 0 saturated carbocycles. The van der Waals surface area contributed by atoms with E-state index in [9.17, 15) is 9.59 Å². The Labute approximate surface area is 105 Å². The van der Waals surface area contributed by atoms with Crippen molar-refractivity contribution in [3.63, 3.8) is 0 Å². The molecule has 1 aliphatic heterocycles. The zero-order valence-electron chi connectivity index (χ0n) is 10.3. The Balaban J connectivity index is 2.16. The van der Waals surface area contributed by atoms with Crippen LogP contribution in [0.25, 0.3) is 0 Å². The Kier molecular flexibility index (Phi) is 3.60. The highest BCUT2D eigenvalue weighted by Crippen LogP contribution is 2.21. The van der Waals surface area contributed by atoms with E-state index in [1.54, 1.807) is 0 Å². The van der Waals surface area contributed by atoms with E-state index in [4.69, 9.17) is 5.11 Å². The Morgan fingerprint density at radius 1 is 1.50 bits per heavy atom. The lowest BCUT2D eigenvalue weighted by molar-refractivity contribution is 0.0690. The number of carbonyl (C=O) groups excluding carboxylic acids is 1. The van der Waals surface area contributed by atoms with Crippen molar-refractivity contribution in [2.75, 3.05) is 6.54 Å². The quantitative estimate of drug-likeness (QED) is 0.885. The molecule has 1 saturated heterocycles. The van der Waals surface area contributed by atoms with Crippen LogP contribution in [0.3, 0.4) is 0 Å². The molecule has 0 spiro atoms. The SMILES string of the molecule is CCC1CCCN1C(=O)c1ccc(C(=O)O)cn1. The third-order valence-corrected chi connectivity index (χ3v) is 3.34. The minimum Gasteiger partial charge on any atom is -0.478 e. The van der Waals surface area contributed by atoms with Crippen LogP contribution in [0.4, 0.5) is 0 Å². The molecule has 0 aliphatic carbocycles. The molecule has 1 aromatic heterocycles. The van der Waals surface area contributed by atoms with Gasteiger partial charge in [-0.3, -0.25) is 9.78 Å². The molecule has 1 amide bonds. The van der Waals surface area contributed by atoms with E-state index < -0.39 is 5.97 Å². The maximum absolute atomic E-state index is 12.2. The highest BCUT2D eigenvalue weighted by Gasteiger charge is 2.28. The summed E-state index contributed by atoms with van der Waals surface area (Å²) >= 11 is 0. The molecule has 96 valence electrons. The van der Waals surface area contributed by atoms with Crippen LogP contribution in [0, 0.1) is 0 Å². The summed E-state index contributed by atoms with van der Waals surface area (Å²) in [4.78, 5) is 28.7. The number of likely N-dealkylation sites (tertiary alicyclic amines) is 1. The normalized spacial score (nSPS) is 18.9. The molecule has 0 bridgehead atoms. The van der Waals surface area contributed by atoms with Crippen molar-refractivity contribution in [3.8, 4) is 0 Å². The first-order chi connectivity index (χ1) is 8.63. The summed E-state index contributed by atoms with van der Waals surface area (Å²) < 4.78 is 0. The van der Waals surface area contributed by atoms with Gasteiger partial charge in [0, 0.05) is 18.8 Å². The minimum atomic E-state index is -1.03. The van der Waals surface area contributed by atoms with Crippen molar-refractivity contribution in [1.29, 1.82) is 0 Å². The molecule has 1 atom stereocenters. The Hall–Kier alpha value is -1.91. The highest BCUT2D eigenvalue weighted by atomic mass is 16.4. The van der Waals surface area contributed by atoms with E-state index in [0.717, 1.165) is 25.8 Å². The lowest BCUT2D eigenvalue weighted by Crippen LogP contribution is -2.35. The number of carboxylic acids is 1. The van der Waals surface area contributed by atoms with Gasteiger partial charge < -0.3 is 10.0 Å². The van der Waals surface area contributed by atoms with Crippen molar-refractivity contribution in [2.24, 2.45) is 0 Å². The van der Waals surface area contributed by atoms with Crippen LogP contribution in [0.2, 0.25) is 0 Å². The number of amides is 1. The fraction of sp³-hybridized carbons (Fsp3) is 0.462. The Morgan fingerprint density at radius 2 is 2.28 bits per heavy atom. The number of aromatic nitrogens is 1. The molecule has 5 heteroatoms. The predicted octanol–water partition coefficient (Wildman–Crippen LogP) is 1.79. The summed E-state index contributed by atoms with van der Waals surface area (Å²) in [5, 5.41) is 8.77. The van der Waals surface area contributed by atoms with Crippen LogP contribution in [0.15, 0.2) is 18.3 Å². The van der Waals surface area contributed by atoms with Crippen molar-refractivity contribution < 1.29 is 14.7 Å². The lowest BCUT2D eigenvalue weighted by Gasteiger charge is -2.23. The zero-order valence-corrected chi connectivity index (χ0v) is 10.3. The van der Waals surface area contributed by atoms with Gasteiger partial charge in [-0.1, -0.05) is 6.92 Å². The van der Waals surface area contributed by atoms with E-state index in [1.807, 2.05) is 4.90 Å². The molecule has 1 unspecified atom stereocenters. The second kappa shape index (κ2) is 5.16. The number of hydrogen-bond donors (Lipinski definition) is 1. The first-order valence-electron chi connectivity index (χ1n) is 6.13. The van der Waals surface area contributed by atoms with Gasteiger partial charge in [-0.15, -0.1) is 0 Å². The highest BCUT2D eigenvalue weighted by molar-refractivity contribution is 5.94. The molecule has 1 fully saturated rings. The smallest absolute Gasteiger partial charge is 0.337 e. The topological polar surface area (TPSA) is 70.5 Å². The first-order valence-corrected chi connectivity index (χ1v) is 6.13. The van der Waals surface area contributed by atoms with Crippen LogP contribution in [0.5, 0.6) is 0 Å². The van der Waals surface area contributed by atoms with E-state index >= 15 is 0 Å². The zero-order chi connectivity index (χ0) is 13.1. The third kappa shape index (κ3) is 2.34. The minimum absolute atomic E-state index is 0.0972. The molecule has 1 aliphatic rings. The van der Waals surface area contributed by atoms with E-state index in [1.165, 1.54) is 18.3 Å². The molecule has 0 aromatic carbocycles. The second-order valence-electron chi connectivity index (χ2n) is 4.44. The fourth-order valence-electron chi connectivity index (χ4n) is 2.32. The number of hydrogen-bond acceptors (Lipinski definition) is 3. The van der Waals surface area contributed by atoms with Crippen molar-refractivity contribution in [3.05, 3.63) is 29.6 Å². The summed E-state index contributed by atoms with van der Waals surface area (Å²) in [6.45, 7) is 2.83. The molecular weight excluding hydrogens is 232 g/mol. The number of aromatic carboxylic acids is 1. The van der Waals surface area contributed by atoms with Crippen LogP contribution in [-0.4, -0.2) is 39.5 Å².